The van der Waals surface area contributed by atoms with E-state index in [2.05, 4.69) is 154 Å². The third-order valence-electron chi connectivity index (χ3n) is 13.9. The second-order valence-corrected chi connectivity index (χ2v) is 21.6. The first kappa shape index (κ1) is 75.5. The monoisotopic (exact) mass is 1110 g/mol. The van der Waals surface area contributed by atoms with Crippen molar-refractivity contribution in [2.24, 2.45) is 0 Å². The molecular formula is C74H122O6. The maximum atomic E-state index is 12.9. The number of ether oxygens (including phenoxy) is 3. The van der Waals surface area contributed by atoms with E-state index in [1.54, 1.807) is 0 Å². The van der Waals surface area contributed by atoms with Crippen LogP contribution in [-0.4, -0.2) is 37.2 Å². The number of hydrogen-bond donors (Lipinski definition) is 0. The van der Waals surface area contributed by atoms with E-state index in [1.165, 1.54) is 116 Å². The normalized spacial score (nSPS) is 13.0. The molecule has 0 N–H and O–H groups in total. The Hall–Kier alpha value is -4.45. The van der Waals surface area contributed by atoms with Gasteiger partial charge in [0.1, 0.15) is 13.2 Å². The van der Waals surface area contributed by atoms with Crippen LogP contribution in [0.3, 0.4) is 0 Å². The van der Waals surface area contributed by atoms with Crippen LogP contribution in [-0.2, 0) is 28.6 Å². The van der Waals surface area contributed by atoms with Gasteiger partial charge >= 0.3 is 17.9 Å². The maximum Gasteiger partial charge on any atom is 0.306 e. The molecule has 0 heterocycles. The van der Waals surface area contributed by atoms with Crippen LogP contribution in [0.5, 0.6) is 0 Å². The molecule has 0 aliphatic carbocycles. The minimum Gasteiger partial charge on any atom is -0.462 e. The predicted molar refractivity (Wildman–Crippen MR) is 348 cm³/mol. The van der Waals surface area contributed by atoms with E-state index in [0.29, 0.717) is 19.3 Å². The Morgan fingerprint density at radius 2 is 0.487 bits per heavy atom. The van der Waals surface area contributed by atoms with E-state index in [9.17, 15) is 14.4 Å². The molecule has 0 aromatic carbocycles. The number of esters is 3. The van der Waals surface area contributed by atoms with Crippen molar-refractivity contribution in [3.05, 3.63) is 134 Å². The van der Waals surface area contributed by atoms with Crippen molar-refractivity contribution < 1.29 is 28.6 Å². The molecule has 454 valence electrons. The number of allylic oxidation sites excluding steroid dienone is 22. The van der Waals surface area contributed by atoms with Gasteiger partial charge in [-0.3, -0.25) is 14.4 Å². The lowest BCUT2D eigenvalue weighted by Crippen LogP contribution is -2.30. The number of unbranched alkanes of at least 4 members (excludes halogenated alkanes) is 26. The molecule has 0 bridgehead atoms. The van der Waals surface area contributed by atoms with Crippen LogP contribution in [0.1, 0.15) is 297 Å². The molecule has 1 unspecified atom stereocenters. The number of carbonyl (C=O) groups is 3. The predicted octanol–water partition coefficient (Wildman–Crippen LogP) is 22.9. The lowest BCUT2D eigenvalue weighted by Gasteiger charge is -2.18. The van der Waals surface area contributed by atoms with E-state index in [1.807, 2.05) is 0 Å². The average molecular weight is 1110 g/mol. The highest BCUT2D eigenvalue weighted by molar-refractivity contribution is 5.71. The van der Waals surface area contributed by atoms with Crippen molar-refractivity contribution >= 4 is 17.9 Å². The fourth-order valence-corrected chi connectivity index (χ4v) is 8.94. The molecule has 0 aromatic heterocycles. The van der Waals surface area contributed by atoms with E-state index in [0.717, 1.165) is 141 Å². The molecule has 80 heavy (non-hydrogen) atoms. The lowest BCUT2D eigenvalue weighted by molar-refractivity contribution is -0.167. The Bertz CT molecular complexity index is 1700. The second kappa shape index (κ2) is 67.1. The summed E-state index contributed by atoms with van der Waals surface area (Å²) in [6.45, 7) is 6.49. The summed E-state index contributed by atoms with van der Waals surface area (Å²) < 4.78 is 16.9. The van der Waals surface area contributed by atoms with Crippen LogP contribution in [0, 0.1) is 0 Å². The summed E-state index contributed by atoms with van der Waals surface area (Å²) in [5.74, 6) is -0.919. The Labute approximate surface area is 494 Å². The molecule has 0 fully saturated rings. The first-order chi connectivity index (χ1) is 39.5. The van der Waals surface area contributed by atoms with Crippen LogP contribution in [0.2, 0.25) is 0 Å². The zero-order valence-electron chi connectivity index (χ0n) is 52.0. The van der Waals surface area contributed by atoms with Gasteiger partial charge in [-0.1, -0.05) is 289 Å². The standard InChI is InChI=1S/C74H122O6/c1-4-7-10-13-16-19-22-25-27-28-29-30-31-32-33-34-35-36-37-38-39-40-41-42-43-44-45-46-47-50-52-55-58-61-64-67-73(76)79-70-71(69-78-72(75)66-63-60-57-54-51-48-24-21-18-15-12-9-6-3)80-74(77)68-65-62-59-56-53-49-26-23-20-17-14-11-8-5-2/h7,10,16,19,21,24-25,27,29-30,32-33,35-36,38-39,41-42,44-45,47,50,71H,4-6,8-9,11-15,17-18,20,22-23,26,28,31,34,37,40,43,46,48-49,51-70H2,1-3H3/b10-7-,19-16-,24-21-,27-25-,30-29-,33-32-,36-35-,39-38-,42-41-,45-44-,50-47-. The van der Waals surface area contributed by atoms with Crippen LogP contribution >= 0.6 is 0 Å². The summed E-state index contributed by atoms with van der Waals surface area (Å²) in [6, 6.07) is 0. The highest BCUT2D eigenvalue weighted by Crippen LogP contribution is 2.16. The zero-order chi connectivity index (χ0) is 57.8. The van der Waals surface area contributed by atoms with Gasteiger partial charge in [-0.25, -0.2) is 0 Å². The largest absolute Gasteiger partial charge is 0.462 e. The molecule has 6 heteroatoms. The molecule has 0 amide bonds. The van der Waals surface area contributed by atoms with E-state index >= 15 is 0 Å². The highest BCUT2D eigenvalue weighted by Gasteiger charge is 2.19. The van der Waals surface area contributed by atoms with Gasteiger partial charge < -0.3 is 14.2 Å². The number of carbonyl (C=O) groups excluding carboxylic acids is 3. The van der Waals surface area contributed by atoms with Gasteiger partial charge in [-0.2, -0.15) is 0 Å². The smallest absolute Gasteiger partial charge is 0.306 e. The van der Waals surface area contributed by atoms with Crippen LogP contribution in [0.4, 0.5) is 0 Å². The van der Waals surface area contributed by atoms with Gasteiger partial charge in [0.15, 0.2) is 6.10 Å². The quantitative estimate of drug-likeness (QED) is 0.0261. The average Bonchev–Trinajstić information content (AvgIpc) is 3.46. The first-order valence-electron chi connectivity index (χ1n) is 33.2. The molecule has 0 saturated heterocycles. The Kier molecular flexibility index (Phi) is 63.3. The van der Waals surface area contributed by atoms with Gasteiger partial charge in [0.05, 0.1) is 0 Å². The molecule has 0 aromatic rings. The lowest BCUT2D eigenvalue weighted by atomic mass is 10.0. The third-order valence-corrected chi connectivity index (χ3v) is 13.9. The molecule has 0 aliphatic heterocycles. The maximum absolute atomic E-state index is 12.9. The molecule has 1 atom stereocenters. The van der Waals surface area contributed by atoms with Gasteiger partial charge in [-0.05, 0) is 122 Å². The third kappa shape index (κ3) is 64.4. The molecule has 0 saturated carbocycles. The van der Waals surface area contributed by atoms with Crippen LogP contribution in [0.15, 0.2) is 134 Å². The molecule has 6 nitrogen and oxygen atoms in total. The van der Waals surface area contributed by atoms with Crippen molar-refractivity contribution in [2.75, 3.05) is 13.2 Å². The highest BCUT2D eigenvalue weighted by atomic mass is 16.6. The summed E-state index contributed by atoms with van der Waals surface area (Å²) in [5, 5.41) is 0. The summed E-state index contributed by atoms with van der Waals surface area (Å²) >= 11 is 0. The Morgan fingerprint density at radius 1 is 0.263 bits per heavy atom. The van der Waals surface area contributed by atoms with Crippen LogP contribution < -0.4 is 0 Å². The minimum absolute atomic E-state index is 0.0904. The van der Waals surface area contributed by atoms with Crippen molar-refractivity contribution in [1.29, 1.82) is 0 Å². The van der Waals surface area contributed by atoms with Gasteiger partial charge in [-0.15, -0.1) is 0 Å². The summed E-state index contributed by atoms with van der Waals surface area (Å²) in [5.41, 5.74) is 0. The fourth-order valence-electron chi connectivity index (χ4n) is 8.94. The summed E-state index contributed by atoms with van der Waals surface area (Å²) in [4.78, 5) is 38.2. The van der Waals surface area contributed by atoms with E-state index in [4.69, 9.17) is 14.2 Å². The second-order valence-electron chi connectivity index (χ2n) is 21.6. The van der Waals surface area contributed by atoms with Gasteiger partial charge in [0, 0.05) is 19.3 Å². The number of rotatable bonds is 59. The van der Waals surface area contributed by atoms with E-state index in [-0.39, 0.29) is 31.1 Å². The topological polar surface area (TPSA) is 78.9 Å². The van der Waals surface area contributed by atoms with Crippen LogP contribution in [0.25, 0.3) is 0 Å². The molecule has 0 radical (unpaired) electrons. The Balaban J connectivity index is 4.30. The van der Waals surface area contributed by atoms with Crippen molar-refractivity contribution in [3.63, 3.8) is 0 Å². The minimum atomic E-state index is -0.794. The van der Waals surface area contributed by atoms with Gasteiger partial charge in [0.2, 0.25) is 0 Å². The van der Waals surface area contributed by atoms with Crippen molar-refractivity contribution in [1.82, 2.24) is 0 Å². The molecule has 0 spiro atoms. The Morgan fingerprint density at radius 3 is 0.787 bits per heavy atom. The first-order valence-corrected chi connectivity index (χ1v) is 33.2. The summed E-state index contributed by atoms with van der Waals surface area (Å²) in [6.07, 6.45) is 94.6. The molecular weight excluding hydrogens is 985 g/mol. The van der Waals surface area contributed by atoms with Crippen molar-refractivity contribution in [2.45, 2.75) is 303 Å². The van der Waals surface area contributed by atoms with Crippen molar-refractivity contribution in [3.8, 4) is 0 Å². The SMILES string of the molecule is CC/C=C\C/C=C\C/C=C\C/C=C\C/C=C\C/C=C\C/C=C\C/C=C\C/C=C\C/C=C\CCCCCCC(=O)OCC(COC(=O)CCCCCCC/C=C\CCCCCC)OC(=O)CCCCCCCCCCCCCCCC. The zero-order valence-corrected chi connectivity index (χ0v) is 52.0. The van der Waals surface area contributed by atoms with Gasteiger partial charge in [0.25, 0.3) is 0 Å². The van der Waals surface area contributed by atoms with E-state index < -0.39 is 6.10 Å². The molecule has 0 aliphatic rings. The summed E-state index contributed by atoms with van der Waals surface area (Å²) in [7, 11) is 0. The number of hydrogen-bond acceptors (Lipinski definition) is 6. The fraction of sp³-hybridized carbons (Fsp3) is 0.662. The molecule has 0 rings (SSSR count).